The number of halogens is 2. The summed E-state index contributed by atoms with van der Waals surface area (Å²) in [4.78, 5) is 17.1. The molecular weight excluding hydrogens is 431 g/mol. The standard InChI is InChI=1S/C20H18BrFN2O2S/c1-3-12(2)26-17-9-4-13(10-16(17)21)11-18-19(25)24-20(27-18)23-15-7-5-14(22)6-8-15/h4-12H,3H2,1-2H3,(H,23,24,25)/b18-11+/t12-/m0/s1. The van der Waals surface area contributed by atoms with Crippen LogP contribution in [0.2, 0.25) is 0 Å². The van der Waals surface area contributed by atoms with E-state index >= 15 is 0 Å². The van der Waals surface area contributed by atoms with Gasteiger partial charge < -0.3 is 10.1 Å². The first-order valence-electron chi connectivity index (χ1n) is 8.46. The summed E-state index contributed by atoms with van der Waals surface area (Å²) in [5, 5.41) is 3.19. The van der Waals surface area contributed by atoms with Crippen LogP contribution >= 0.6 is 27.7 Å². The first-order valence-corrected chi connectivity index (χ1v) is 10.1. The fourth-order valence-corrected chi connectivity index (χ4v) is 3.60. The van der Waals surface area contributed by atoms with E-state index < -0.39 is 0 Å². The van der Waals surface area contributed by atoms with Crippen LogP contribution in [0.15, 0.2) is 56.8 Å². The van der Waals surface area contributed by atoms with Crippen LogP contribution in [0.3, 0.4) is 0 Å². The summed E-state index contributed by atoms with van der Waals surface area (Å²) in [6.07, 6.45) is 2.85. The third kappa shape index (κ3) is 5.20. The maximum Gasteiger partial charge on any atom is 0.264 e. The number of amidine groups is 1. The second-order valence-electron chi connectivity index (χ2n) is 5.98. The van der Waals surface area contributed by atoms with Gasteiger partial charge in [-0.15, -0.1) is 0 Å². The number of carbonyl (C=O) groups is 1. The molecule has 0 bridgehead atoms. The highest BCUT2D eigenvalue weighted by molar-refractivity contribution is 9.10. The fourth-order valence-electron chi connectivity index (χ4n) is 2.27. The van der Waals surface area contributed by atoms with Crippen molar-refractivity contribution >= 4 is 50.5 Å². The van der Waals surface area contributed by atoms with E-state index in [1.165, 1.54) is 23.9 Å². The van der Waals surface area contributed by atoms with Crippen molar-refractivity contribution < 1.29 is 13.9 Å². The van der Waals surface area contributed by atoms with Crippen molar-refractivity contribution in [2.45, 2.75) is 26.4 Å². The Hall–Kier alpha value is -2.12. The molecule has 2 aromatic rings. The number of benzene rings is 2. The summed E-state index contributed by atoms with van der Waals surface area (Å²) in [6.45, 7) is 4.09. The fraction of sp³-hybridized carbons (Fsp3) is 0.200. The number of hydrogen-bond acceptors (Lipinski definition) is 4. The van der Waals surface area contributed by atoms with Gasteiger partial charge in [0.25, 0.3) is 5.91 Å². The van der Waals surface area contributed by atoms with Crippen LogP contribution in [-0.2, 0) is 4.79 Å². The molecule has 2 aromatic carbocycles. The molecule has 3 rings (SSSR count). The molecule has 1 fully saturated rings. The predicted octanol–water partition coefficient (Wildman–Crippen LogP) is 5.66. The average Bonchev–Trinajstić information content (AvgIpc) is 2.98. The summed E-state index contributed by atoms with van der Waals surface area (Å²) < 4.78 is 19.6. The van der Waals surface area contributed by atoms with Gasteiger partial charge in [-0.1, -0.05) is 13.0 Å². The van der Waals surface area contributed by atoms with Gasteiger partial charge in [-0.25, -0.2) is 9.38 Å². The highest BCUT2D eigenvalue weighted by atomic mass is 79.9. The number of aliphatic imine (C=N–C) groups is 1. The van der Waals surface area contributed by atoms with Crippen LogP contribution in [0, 0.1) is 5.82 Å². The van der Waals surface area contributed by atoms with Gasteiger partial charge in [-0.05, 0) is 89.1 Å². The molecule has 0 unspecified atom stereocenters. The Labute approximate surface area is 170 Å². The Morgan fingerprint density at radius 3 is 2.70 bits per heavy atom. The Kier molecular flexibility index (Phi) is 6.34. The van der Waals surface area contributed by atoms with Crippen LogP contribution in [0.1, 0.15) is 25.8 Å². The molecule has 7 heteroatoms. The quantitative estimate of drug-likeness (QED) is 0.600. The van der Waals surface area contributed by atoms with E-state index in [1.54, 1.807) is 18.2 Å². The number of thioether (sulfide) groups is 1. The smallest absolute Gasteiger partial charge is 0.264 e. The minimum Gasteiger partial charge on any atom is -0.490 e. The van der Waals surface area contributed by atoms with Gasteiger partial charge in [0.1, 0.15) is 11.6 Å². The van der Waals surface area contributed by atoms with Crippen molar-refractivity contribution in [3.63, 3.8) is 0 Å². The average molecular weight is 449 g/mol. The minimum atomic E-state index is -0.325. The largest absolute Gasteiger partial charge is 0.490 e. The van der Waals surface area contributed by atoms with E-state index in [2.05, 4.69) is 33.2 Å². The number of nitrogens with zero attached hydrogens (tertiary/aromatic N) is 1. The van der Waals surface area contributed by atoms with Crippen molar-refractivity contribution in [1.29, 1.82) is 0 Å². The summed E-state index contributed by atoms with van der Waals surface area (Å²) in [5.74, 6) is 0.236. The molecule has 1 aliphatic rings. The van der Waals surface area contributed by atoms with Crippen molar-refractivity contribution in [2.75, 3.05) is 0 Å². The number of nitrogens with one attached hydrogen (secondary N) is 1. The molecule has 1 saturated heterocycles. The summed E-state index contributed by atoms with van der Waals surface area (Å²) >= 11 is 4.76. The molecule has 0 aromatic heterocycles. The number of hydrogen-bond donors (Lipinski definition) is 1. The second kappa shape index (κ2) is 8.71. The first kappa shape index (κ1) is 19.6. The molecule has 1 atom stereocenters. The van der Waals surface area contributed by atoms with E-state index in [0.717, 1.165) is 22.2 Å². The highest BCUT2D eigenvalue weighted by Gasteiger charge is 2.23. The molecule has 1 amide bonds. The van der Waals surface area contributed by atoms with Gasteiger partial charge in [0.05, 0.1) is 21.2 Å². The maximum absolute atomic E-state index is 13.0. The predicted molar refractivity (Wildman–Crippen MR) is 112 cm³/mol. The Bertz CT molecular complexity index is 913. The first-order chi connectivity index (χ1) is 12.9. The summed E-state index contributed by atoms with van der Waals surface area (Å²) in [5.41, 5.74) is 1.45. The van der Waals surface area contributed by atoms with Crippen LogP contribution in [0.4, 0.5) is 10.1 Å². The number of ether oxygens (including phenoxy) is 1. The lowest BCUT2D eigenvalue weighted by Crippen LogP contribution is -2.19. The Balaban J connectivity index is 1.76. The van der Waals surface area contributed by atoms with Crippen molar-refractivity contribution in [3.8, 4) is 5.75 Å². The molecule has 1 aliphatic heterocycles. The highest BCUT2D eigenvalue weighted by Crippen LogP contribution is 2.31. The summed E-state index contributed by atoms with van der Waals surface area (Å²) in [7, 11) is 0. The molecule has 0 aliphatic carbocycles. The zero-order valence-electron chi connectivity index (χ0n) is 14.8. The lowest BCUT2D eigenvalue weighted by atomic mass is 10.2. The number of carbonyl (C=O) groups excluding carboxylic acids is 1. The van der Waals surface area contributed by atoms with Crippen molar-refractivity contribution in [1.82, 2.24) is 5.32 Å². The molecule has 27 heavy (non-hydrogen) atoms. The SMILES string of the molecule is CC[C@H](C)Oc1ccc(/C=C2/SC(=Nc3ccc(F)cc3)NC2=O)cc1Br. The van der Waals surface area contributed by atoms with E-state index in [4.69, 9.17) is 4.74 Å². The third-order valence-corrected chi connectivity index (χ3v) is 5.39. The summed E-state index contributed by atoms with van der Waals surface area (Å²) in [6, 6.07) is 11.5. The van der Waals surface area contributed by atoms with E-state index in [9.17, 15) is 9.18 Å². The molecular formula is C20H18BrFN2O2S. The zero-order chi connectivity index (χ0) is 19.4. The van der Waals surface area contributed by atoms with E-state index in [1.807, 2.05) is 25.1 Å². The van der Waals surface area contributed by atoms with E-state index in [0.29, 0.717) is 15.8 Å². The van der Waals surface area contributed by atoms with Gasteiger partial charge in [0, 0.05) is 0 Å². The number of rotatable bonds is 5. The van der Waals surface area contributed by atoms with Gasteiger partial charge >= 0.3 is 0 Å². The van der Waals surface area contributed by atoms with Crippen LogP contribution in [-0.4, -0.2) is 17.2 Å². The van der Waals surface area contributed by atoms with Gasteiger partial charge in [0.2, 0.25) is 0 Å². The number of amides is 1. The molecule has 1 heterocycles. The lowest BCUT2D eigenvalue weighted by Gasteiger charge is -2.14. The Morgan fingerprint density at radius 2 is 2.04 bits per heavy atom. The van der Waals surface area contributed by atoms with Crippen LogP contribution in [0.25, 0.3) is 6.08 Å². The van der Waals surface area contributed by atoms with Crippen LogP contribution < -0.4 is 10.1 Å². The van der Waals surface area contributed by atoms with Gasteiger partial charge in [-0.2, -0.15) is 0 Å². The maximum atomic E-state index is 13.0. The molecule has 140 valence electrons. The van der Waals surface area contributed by atoms with E-state index in [-0.39, 0.29) is 17.8 Å². The van der Waals surface area contributed by atoms with Gasteiger partial charge in [-0.3, -0.25) is 4.79 Å². The topological polar surface area (TPSA) is 50.7 Å². The zero-order valence-corrected chi connectivity index (χ0v) is 17.2. The minimum absolute atomic E-state index is 0.131. The molecule has 0 saturated carbocycles. The van der Waals surface area contributed by atoms with Crippen molar-refractivity contribution in [2.24, 2.45) is 4.99 Å². The second-order valence-corrected chi connectivity index (χ2v) is 7.87. The third-order valence-electron chi connectivity index (χ3n) is 3.86. The van der Waals surface area contributed by atoms with Crippen molar-refractivity contribution in [3.05, 3.63) is 63.2 Å². The molecule has 1 N–H and O–H groups in total. The molecule has 4 nitrogen and oxygen atoms in total. The molecule has 0 spiro atoms. The normalized spacial score (nSPS) is 18.0. The van der Waals surface area contributed by atoms with Gasteiger partial charge in [0.15, 0.2) is 5.17 Å². The van der Waals surface area contributed by atoms with Crippen LogP contribution in [0.5, 0.6) is 5.75 Å². The lowest BCUT2D eigenvalue weighted by molar-refractivity contribution is -0.115. The monoisotopic (exact) mass is 448 g/mol. The molecule has 0 radical (unpaired) electrons. The Morgan fingerprint density at radius 1 is 1.30 bits per heavy atom.